The fraction of sp³-hybridized carbons (Fsp3) is 0.429. The molecule has 100 valence electrons. The summed E-state index contributed by atoms with van der Waals surface area (Å²) in [7, 11) is 1.61. The van der Waals surface area contributed by atoms with Gasteiger partial charge in [-0.3, -0.25) is 4.79 Å². The lowest BCUT2D eigenvalue weighted by Crippen LogP contribution is -2.50. The number of carbonyl (C=O) groups is 1. The third kappa shape index (κ3) is 2.27. The highest BCUT2D eigenvalue weighted by Gasteiger charge is 2.46. The van der Waals surface area contributed by atoms with Crippen LogP contribution in [0.15, 0.2) is 12.1 Å². The summed E-state index contributed by atoms with van der Waals surface area (Å²) < 4.78 is 10.2. The number of nitrogens with one attached hydrogen (secondary N) is 1. The summed E-state index contributed by atoms with van der Waals surface area (Å²) in [6, 6.07) is 5.74. The Kier molecular flexibility index (Phi) is 3.45. The minimum absolute atomic E-state index is 0.156. The largest absolute Gasteiger partial charge is 0.496 e. The smallest absolute Gasteiger partial charge is 0.249 e. The van der Waals surface area contributed by atoms with Gasteiger partial charge in [0.1, 0.15) is 5.75 Å². The summed E-state index contributed by atoms with van der Waals surface area (Å²) in [5, 5.41) is 11.9. The SMILES string of the molecule is COc1cc(C)c(NC(=O)C2(C#N)COC2)cc1C. The van der Waals surface area contributed by atoms with E-state index < -0.39 is 5.41 Å². The molecule has 0 bridgehead atoms. The maximum atomic E-state index is 12.1. The van der Waals surface area contributed by atoms with Gasteiger partial charge in [0.25, 0.3) is 0 Å². The molecule has 2 rings (SSSR count). The van der Waals surface area contributed by atoms with Crippen LogP contribution in [0.4, 0.5) is 5.69 Å². The Morgan fingerprint density at radius 3 is 2.58 bits per heavy atom. The van der Waals surface area contributed by atoms with Crippen LogP contribution in [0.2, 0.25) is 0 Å². The summed E-state index contributed by atoms with van der Waals surface area (Å²) in [6.45, 7) is 4.10. The Labute approximate surface area is 112 Å². The minimum atomic E-state index is -1.04. The van der Waals surface area contributed by atoms with Crippen molar-refractivity contribution < 1.29 is 14.3 Å². The predicted molar refractivity (Wildman–Crippen MR) is 70.0 cm³/mol. The van der Waals surface area contributed by atoms with Gasteiger partial charge in [0.2, 0.25) is 5.91 Å². The van der Waals surface area contributed by atoms with Gasteiger partial charge in [-0.25, -0.2) is 0 Å². The molecule has 0 spiro atoms. The number of amides is 1. The van der Waals surface area contributed by atoms with Crippen LogP contribution in [0, 0.1) is 30.6 Å². The predicted octanol–water partition coefficient (Wildman–Crippen LogP) is 1.79. The zero-order chi connectivity index (χ0) is 14.0. The summed E-state index contributed by atoms with van der Waals surface area (Å²) in [5.41, 5.74) is 1.48. The lowest BCUT2D eigenvalue weighted by Gasteiger charge is -2.33. The van der Waals surface area contributed by atoms with Crippen LogP contribution >= 0.6 is 0 Å². The Morgan fingerprint density at radius 1 is 1.42 bits per heavy atom. The van der Waals surface area contributed by atoms with E-state index in [1.54, 1.807) is 7.11 Å². The Morgan fingerprint density at radius 2 is 2.11 bits per heavy atom. The van der Waals surface area contributed by atoms with Gasteiger partial charge in [-0.15, -0.1) is 0 Å². The van der Waals surface area contributed by atoms with Crippen LogP contribution in [0.5, 0.6) is 5.75 Å². The number of benzene rings is 1. The van der Waals surface area contributed by atoms with Crippen LogP contribution in [0.25, 0.3) is 0 Å². The van der Waals surface area contributed by atoms with Crippen LogP contribution in [-0.2, 0) is 9.53 Å². The van der Waals surface area contributed by atoms with E-state index in [2.05, 4.69) is 5.32 Å². The van der Waals surface area contributed by atoms with E-state index in [1.165, 1.54) is 0 Å². The Bertz CT molecular complexity index is 557. The molecule has 1 N–H and O–H groups in total. The molecule has 0 saturated carbocycles. The normalized spacial score (nSPS) is 16.1. The molecule has 5 nitrogen and oxygen atoms in total. The van der Waals surface area contributed by atoms with Gasteiger partial charge in [-0.1, -0.05) is 0 Å². The fourth-order valence-corrected chi connectivity index (χ4v) is 1.94. The molecule has 0 atom stereocenters. The molecule has 1 saturated heterocycles. The molecule has 5 heteroatoms. The summed E-state index contributed by atoms with van der Waals surface area (Å²) in [5.74, 6) is 0.464. The molecule has 1 aromatic rings. The first kappa shape index (κ1) is 13.4. The molecule has 0 aliphatic carbocycles. The van der Waals surface area contributed by atoms with Crippen LogP contribution in [0.1, 0.15) is 11.1 Å². The van der Waals surface area contributed by atoms with Gasteiger partial charge < -0.3 is 14.8 Å². The number of anilines is 1. The highest BCUT2D eigenvalue weighted by Crippen LogP contribution is 2.31. The maximum Gasteiger partial charge on any atom is 0.249 e. The number of ether oxygens (including phenoxy) is 2. The molecule has 1 aliphatic heterocycles. The van der Waals surface area contributed by atoms with Crippen molar-refractivity contribution in [1.29, 1.82) is 5.26 Å². The quantitative estimate of drug-likeness (QED) is 0.899. The number of hydrogen-bond donors (Lipinski definition) is 1. The lowest BCUT2D eigenvalue weighted by atomic mass is 9.86. The van der Waals surface area contributed by atoms with Crippen molar-refractivity contribution in [2.45, 2.75) is 13.8 Å². The first-order valence-electron chi connectivity index (χ1n) is 5.98. The van der Waals surface area contributed by atoms with Crippen molar-refractivity contribution in [3.8, 4) is 11.8 Å². The molecule has 1 fully saturated rings. The maximum absolute atomic E-state index is 12.1. The van der Waals surface area contributed by atoms with Crippen LogP contribution in [0.3, 0.4) is 0 Å². The number of rotatable bonds is 3. The topological polar surface area (TPSA) is 71.3 Å². The van der Waals surface area contributed by atoms with Gasteiger partial charge in [0.05, 0.1) is 26.4 Å². The zero-order valence-corrected chi connectivity index (χ0v) is 11.2. The van der Waals surface area contributed by atoms with Gasteiger partial charge in [-0.2, -0.15) is 5.26 Å². The van der Waals surface area contributed by atoms with E-state index in [9.17, 15) is 4.79 Å². The molecule has 0 aromatic heterocycles. The van der Waals surface area contributed by atoms with E-state index in [0.717, 1.165) is 16.9 Å². The molecule has 19 heavy (non-hydrogen) atoms. The number of carbonyl (C=O) groups excluding carboxylic acids is 1. The Hall–Kier alpha value is -2.06. The minimum Gasteiger partial charge on any atom is -0.496 e. The monoisotopic (exact) mass is 260 g/mol. The molecular formula is C14H16N2O3. The fourth-order valence-electron chi connectivity index (χ4n) is 1.94. The standard InChI is InChI=1S/C14H16N2O3/c1-9-5-12(18-3)10(2)4-11(9)16-13(17)14(6-15)7-19-8-14/h4-5H,7-8H2,1-3H3,(H,16,17). The first-order valence-corrected chi connectivity index (χ1v) is 5.98. The van der Waals surface area contributed by atoms with Crippen LogP contribution in [-0.4, -0.2) is 26.2 Å². The number of aryl methyl sites for hydroxylation is 2. The van der Waals surface area contributed by atoms with Gasteiger partial charge in [0.15, 0.2) is 5.41 Å². The second kappa shape index (κ2) is 4.90. The molecule has 1 heterocycles. The average molecular weight is 260 g/mol. The highest BCUT2D eigenvalue weighted by atomic mass is 16.5. The van der Waals surface area contributed by atoms with E-state index in [0.29, 0.717) is 5.69 Å². The second-order valence-corrected chi connectivity index (χ2v) is 4.78. The molecular weight excluding hydrogens is 244 g/mol. The zero-order valence-electron chi connectivity index (χ0n) is 11.2. The van der Waals surface area contributed by atoms with E-state index in [1.807, 2.05) is 32.0 Å². The summed E-state index contributed by atoms with van der Waals surface area (Å²) >= 11 is 0. The number of hydrogen-bond acceptors (Lipinski definition) is 4. The number of nitriles is 1. The van der Waals surface area contributed by atoms with E-state index in [-0.39, 0.29) is 19.1 Å². The molecule has 1 aromatic carbocycles. The van der Waals surface area contributed by atoms with Gasteiger partial charge in [0, 0.05) is 5.69 Å². The second-order valence-electron chi connectivity index (χ2n) is 4.78. The molecule has 0 unspecified atom stereocenters. The van der Waals surface area contributed by atoms with Crippen molar-refractivity contribution in [3.63, 3.8) is 0 Å². The third-order valence-electron chi connectivity index (χ3n) is 3.34. The van der Waals surface area contributed by atoms with Gasteiger partial charge in [-0.05, 0) is 37.1 Å². The summed E-state index contributed by atoms with van der Waals surface area (Å²) in [6.07, 6.45) is 0. The Balaban J connectivity index is 2.22. The van der Waals surface area contributed by atoms with Crippen molar-refractivity contribution in [2.75, 3.05) is 25.6 Å². The molecule has 1 amide bonds. The van der Waals surface area contributed by atoms with Crippen molar-refractivity contribution in [1.82, 2.24) is 0 Å². The number of nitrogens with zero attached hydrogens (tertiary/aromatic N) is 1. The van der Waals surface area contributed by atoms with Crippen LogP contribution < -0.4 is 10.1 Å². The van der Waals surface area contributed by atoms with Crippen molar-refractivity contribution >= 4 is 11.6 Å². The third-order valence-corrected chi connectivity index (χ3v) is 3.34. The van der Waals surface area contributed by atoms with E-state index in [4.69, 9.17) is 14.7 Å². The lowest BCUT2D eigenvalue weighted by molar-refractivity contribution is -0.144. The first-order chi connectivity index (χ1) is 9.02. The van der Waals surface area contributed by atoms with Gasteiger partial charge >= 0.3 is 0 Å². The van der Waals surface area contributed by atoms with E-state index >= 15 is 0 Å². The van der Waals surface area contributed by atoms with Crippen molar-refractivity contribution in [3.05, 3.63) is 23.3 Å². The summed E-state index contributed by atoms with van der Waals surface area (Å²) in [4.78, 5) is 12.1. The number of methoxy groups -OCH3 is 1. The molecule has 1 aliphatic rings. The highest BCUT2D eigenvalue weighted by molar-refractivity contribution is 5.98. The van der Waals surface area contributed by atoms with Crippen molar-refractivity contribution in [2.24, 2.45) is 5.41 Å². The molecule has 0 radical (unpaired) electrons. The average Bonchev–Trinajstić information content (AvgIpc) is 2.32.